The van der Waals surface area contributed by atoms with Gasteiger partial charge in [-0.1, -0.05) is 0 Å². The van der Waals surface area contributed by atoms with Gasteiger partial charge in [0.05, 0.1) is 18.3 Å². The zero-order chi connectivity index (χ0) is 12.3. The Labute approximate surface area is 100 Å². The molecule has 17 heavy (non-hydrogen) atoms. The lowest BCUT2D eigenvalue weighted by Gasteiger charge is -2.28. The van der Waals surface area contributed by atoms with E-state index in [0.717, 1.165) is 11.4 Å². The second-order valence-electron chi connectivity index (χ2n) is 4.15. The molecule has 0 spiro atoms. The molecule has 2 rings (SSSR count). The molecule has 1 saturated heterocycles. The number of hydrogen-bond acceptors (Lipinski definition) is 5. The molecule has 1 aromatic rings. The number of carbonyl (C=O) groups is 1. The number of aromatic nitrogens is 2. The van der Waals surface area contributed by atoms with Crippen LogP contribution in [-0.4, -0.2) is 41.9 Å². The summed E-state index contributed by atoms with van der Waals surface area (Å²) in [6, 6.07) is 1.89. The molecular formula is C11H18N4O2. The highest BCUT2D eigenvalue weighted by atomic mass is 16.5. The Balaban J connectivity index is 1.88. The van der Waals surface area contributed by atoms with Crippen LogP contribution < -0.4 is 10.6 Å². The molecule has 1 aromatic heterocycles. The van der Waals surface area contributed by atoms with Crippen molar-refractivity contribution in [1.82, 2.24) is 20.8 Å². The summed E-state index contributed by atoms with van der Waals surface area (Å²) in [5, 5.41) is 13.6. The first-order valence-corrected chi connectivity index (χ1v) is 5.86. The molecule has 2 atom stereocenters. The summed E-state index contributed by atoms with van der Waals surface area (Å²) in [5.74, 6) is -0.198. The third-order valence-electron chi connectivity index (χ3n) is 2.79. The Morgan fingerprint density at radius 3 is 2.88 bits per heavy atom. The van der Waals surface area contributed by atoms with Crippen LogP contribution in [-0.2, 0) is 9.53 Å². The maximum absolute atomic E-state index is 11.5. The number of H-pyrrole nitrogens is 1. The van der Waals surface area contributed by atoms with Crippen LogP contribution in [0.1, 0.15) is 24.4 Å². The van der Waals surface area contributed by atoms with E-state index >= 15 is 0 Å². The number of rotatable bonds is 3. The molecule has 1 aliphatic heterocycles. The highest BCUT2D eigenvalue weighted by Gasteiger charge is 2.27. The van der Waals surface area contributed by atoms with Gasteiger partial charge in [-0.05, 0) is 19.9 Å². The number of nitrogens with one attached hydrogen (secondary N) is 3. The molecule has 1 aliphatic rings. The van der Waals surface area contributed by atoms with E-state index < -0.39 is 0 Å². The molecule has 0 aliphatic carbocycles. The van der Waals surface area contributed by atoms with Gasteiger partial charge >= 0.3 is 5.97 Å². The van der Waals surface area contributed by atoms with Crippen LogP contribution in [0, 0.1) is 6.92 Å². The lowest BCUT2D eigenvalue weighted by atomic mass is 10.1. The van der Waals surface area contributed by atoms with Crippen molar-refractivity contribution in [2.75, 3.05) is 19.7 Å². The summed E-state index contributed by atoms with van der Waals surface area (Å²) in [4.78, 5) is 11.5. The van der Waals surface area contributed by atoms with Crippen LogP contribution >= 0.6 is 0 Å². The standard InChI is InChI=1S/C11H18N4O2/c1-3-17-11(16)10-6-12-9(5-13-10)8-4-7(2)14-15-8/h4,9-10,12-13H,3,5-6H2,1-2H3,(H,14,15). The maximum Gasteiger partial charge on any atom is 0.324 e. The van der Waals surface area contributed by atoms with Gasteiger partial charge in [-0.15, -0.1) is 0 Å². The molecular weight excluding hydrogens is 220 g/mol. The number of hydrogen-bond donors (Lipinski definition) is 3. The smallest absolute Gasteiger partial charge is 0.324 e. The molecule has 2 unspecified atom stereocenters. The minimum atomic E-state index is -0.258. The van der Waals surface area contributed by atoms with Crippen molar-refractivity contribution in [3.63, 3.8) is 0 Å². The summed E-state index contributed by atoms with van der Waals surface area (Å²) in [5.41, 5.74) is 2.01. The minimum absolute atomic E-state index is 0.144. The molecule has 0 bridgehead atoms. The molecule has 0 aromatic carbocycles. The van der Waals surface area contributed by atoms with Crippen LogP contribution in [0.15, 0.2) is 6.07 Å². The number of aryl methyl sites for hydroxylation is 1. The van der Waals surface area contributed by atoms with Crippen molar-refractivity contribution in [2.45, 2.75) is 25.9 Å². The van der Waals surface area contributed by atoms with Crippen LogP contribution in [0.3, 0.4) is 0 Å². The number of esters is 1. The number of nitrogens with zero attached hydrogens (tertiary/aromatic N) is 1. The van der Waals surface area contributed by atoms with E-state index in [0.29, 0.717) is 19.7 Å². The maximum atomic E-state index is 11.5. The normalized spacial score (nSPS) is 24.6. The predicted octanol–water partition coefficient (Wildman–Crippen LogP) is -0.116. The van der Waals surface area contributed by atoms with Gasteiger partial charge < -0.3 is 15.4 Å². The average Bonchev–Trinajstić information content (AvgIpc) is 2.76. The first-order valence-electron chi connectivity index (χ1n) is 5.86. The van der Waals surface area contributed by atoms with Gasteiger partial charge in [0.1, 0.15) is 6.04 Å². The highest BCUT2D eigenvalue weighted by Crippen LogP contribution is 2.13. The van der Waals surface area contributed by atoms with E-state index in [1.54, 1.807) is 0 Å². The Morgan fingerprint density at radius 1 is 1.53 bits per heavy atom. The molecule has 0 saturated carbocycles. The van der Waals surface area contributed by atoms with Crippen molar-refractivity contribution in [1.29, 1.82) is 0 Å². The first kappa shape index (κ1) is 12.1. The summed E-state index contributed by atoms with van der Waals surface area (Å²) in [6.45, 7) is 5.43. The van der Waals surface area contributed by atoms with Crippen molar-refractivity contribution < 1.29 is 9.53 Å². The van der Waals surface area contributed by atoms with E-state index in [1.807, 2.05) is 19.9 Å². The lowest BCUT2D eigenvalue weighted by molar-refractivity contribution is -0.146. The van der Waals surface area contributed by atoms with Gasteiger partial charge in [0.15, 0.2) is 0 Å². The summed E-state index contributed by atoms with van der Waals surface area (Å²) < 4.78 is 4.96. The molecule has 6 heteroatoms. The van der Waals surface area contributed by atoms with Crippen LogP contribution in [0.25, 0.3) is 0 Å². The second kappa shape index (κ2) is 5.29. The second-order valence-corrected chi connectivity index (χ2v) is 4.15. The quantitative estimate of drug-likeness (QED) is 0.640. The molecule has 1 fully saturated rings. The number of aromatic amines is 1. The summed E-state index contributed by atoms with van der Waals surface area (Å²) in [6.07, 6.45) is 0. The largest absolute Gasteiger partial charge is 0.465 e. The fraction of sp³-hybridized carbons (Fsp3) is 0.636. The molecule has 3 N–H and O–H groups in total. The fourth-order valence-corrected chi connectivity index (χ4v) is 1.90. The van der Waals surface area contributed by atoms with Gasteiger partial charge in [0.2, 0.25) is 0 Å². The fourth-order valence-electron chi connectivity index (χ4n) is 1.90. The SMILES string of the molecule is CCOC(=O)C1CNC(c2cc(C)[nH]n2)CN1. The molecule has 6 nitrogen and oxygen atoms in total. The van der Waals surface area contributed by atoms with E-state index in [4.69, 9.17) is 4.74 Å². The Morgan fingerprint density at radius 2 is 2.35 bits per heavy atom. The van der Waals surface area contributed by atoms with E-state index in [9.17, 15) is 4.79 Å². The average molecular weight is 238 g/mol. The van der Waals surface area contributed by atoms with Crippen LogP contribution in [0.4, 0.5) is 0 Å². The Bertz CT molecular complexity index is 383. The summed E-state index contributed by atoms with van der Waals surface area (Å²) in [7, 11) is 0. The molecule has 0 radical (unpaired) electrons. The lowest BCUT2D eigenvalue weighted by Crippen LogP contribution is -2.54. The highest BCUT2D eigenvalue weighted by molar-refractivity contribution is 5.76. The van der Waals surface area contributed by atoms with Crippen LogP contribution in [0.2, 0.25) is 0 Å². The van der Waals surface area contributed by atoms with Gasteiger partial charge in [-0.2, -0.15) is 5.10 Å². The van der Waals surface area contributed by atoms with Gasteiger partial charge in [0, 0.05) is 18.8 Å². The first-order chi connectivity index (χ1) is 8.20. The van der Waals surface area contributed by atoms with Gasteiger partial charge in [0.25, 0.3) is 0 Å². The third kappa shape index (κ3) is 2.83. The summed E-state index contributed by atoms with van der Waals surface area (Å²) >= 11 is 0. The number of piperazine rings is 1. The zero-order valence-electron chi connectivity index (χ0n) is 10.1. The van der Waals surface area contributed by atoms with Crippen molar-refractivity contribution in [2.24, 2.45) is 0 Å². The van der Waals surface area contributed by atoms with E-state index in [1.165, 1.54) is 0 Å². The van der Waals surface area contributed by atoms with E-state index in [-0.39, 0.29) is 18.1 Å². The molecule has 0 amide bonds. The number of carbonyl (C=O) groups excluding carboxylic acids is 1. The Kier molecular flexibility index (Phi) is 3.75. The third-order valence-corrected chi connectivity index (χ3v) is 2.79. The molecule has 2 heterocycles. The van der Waals surface area contributed by atoms with Crippen molar-refractivity contribution in [3.05, 3.63) is 17.5 Å². The van der Waals surface area contributed by atoms with E-state index in [2.05, 4.69) is 20.8 Å². The zero-order valence-corrected chi connectivity index (χ0v) is 10.1. The van der Waals surface area contributed by atoms with Crippen molar-refractivity contribution in [3.8, 4) is 0 Å². The van der Waals surface area contributed by atoms with Gasteiger partial charge in [-0.3, -0.25) is 9.89 Å². The Hall–Kier alpha value is -1.40. The topological polar surface area (TPSA) is 79.0 Å². The van der Waals surface area contributed by atoms with Crippen LogP contribution in [0.5, 0.6) is 0 Å². The number of ether oxygens (including phenoxy) is 1. The minimum Gasteiger partial charge on any atom is -0.465 e. The molecule has 94 valence electrons. The van der Waals surface area contributed by atoms with Crippen molar-refractivity contribution >= 4 is 5.97 Å². The predicted molar refractivity (Wildman–Crippen MR) is 62.5 cm³/mol. The monoisotopic (exact) mass is 238 g/mol. The van der Waals surface area contributed by atoms with Gasteiger partial charge in [-0.25, -0.2) is 0 Å².